The van der Waals surface area contributed by atoms with Crippen molar-refractivity contribution in [2.45, 2.75) is 26.2 Å². The first-order valence-electron chi connectivity index (χ1n) is 6.46. The lowest BCUT2D eigenvalue weighted by molar-refractivity contribution is 0.0689. The Balaban J connectivity index is 2.10. The van der Waals surface area contributed by atoms with E-state index in [-0.39, 0.29) is 5.91 Å². The van der Waals surface area contributed by atoms with Crippen LogP contribution in [0.4, 0.5) is 5.69 Å². The summed E-state index contributed by atoms with van der Waals surface area (Å²) in [5, 5.41) is 0.375. The Hall–Kier alpha value is -1.22. The van der Waals surface area contributed by atoms with Gasteiger partial charge in [-0.2, -0.15) is 0 Å². The van der Waals surface area contributed by atoms with Crippen molar-refractivity contribution < 1.29 is 4.79 Å². The van der Waals surface area contributed by atoms with Crippen molar-refractivity contribution in [3.05, 3.63) is 28.8 Å². The lowest BCUT2D eigenvalue weighted by Crippen LogP contribution is -2.38. The summed E-state index contributed by atoms with van der Waals surface area (Å²) in [5.74, 6) is 0.757. The molecule has 0 aromatic heterocycles. The van der Waals surface area contributed by atoms with E-state index in [1.807, 2.05) is 4.90 Å². The Morgan fingerprint density at radius 1 is 1.44 bits per heavy atom. The highest BCUT2D eigenvalue weighted by Gasteiger charge is 2.24. The van der Waals surface area contributed by atoms with Crippen molar-refractivity contribution in [2.24, 2.45) is 5.92 Å². The fourth-order valence-corrected chi connectivity index (χ4v) is 2.64. The predicted molar refractivity (Wildman–Crippen MR) is 74.8 cm³/mol. The van der Waals surface area contributed by atoms with Crippen LogP contribution in [-0.4, -0.2) is 23.9 Å². The number of nitrogens with zero attached hydrogens (tertiary/aromatic N) is 1. The molecule has 1 aliphatic heterocycles. The maximum absolute atomic E-state index is 12.4. The van der Waals surface area contributed by atoms with E-state index in [0.29, 0.717) is 16.3 Å². The van der Waals surface area contributed by atoms with E-state index in [0.717, 1.165) is 31.8 Å². The molecule has 1 aromatic rings. The van der Waals surface area contributed by atoms with E-state index in [2.05, 4.69) is 6.92 Å². The van der Waals surface area contributed by atoms with Crippen LogP contribution in [0.5, 0.6) is 0 Å². The lowest BCUT2D eigenvalue weighted by atomic mass is 9.94. The molecule has 0 atom stereocenters. The van der Waals surface area contributed by atoms with E-state index < -0.39 is 0 Å². The van der Waals surface area contributed by atoms with Crippen LogP contribution in [0.2, 0.25) is 5.02 Å². The minimum absolute atomic E-state index is 0.00172. The van der Waals surface area contributed by atoms with E-state index in [1.54, 1.807) is 18.2 Å². The molecule has 4 heteroatoms. The fourth-order valence-electron chi connectivity index (χ4n) is 2.43. The van der Waals surface area contributed by atoms with Gasteiger partial charge in [0.1, 0.15) is 0 Å². The number of carbonyl (C=O) groups is 1. The van der Waals surface area contributed by atoms with Crippen LogP contribution in [0.15, 0.2) is 18.2 Å². The van der Waals surface area contributed by atoms with Gasteiger partial charge in [-0.15, -0.1) is 0 Å². The second-order valence-electron chi connectivity index (χ2n) is 4.85. The van der Waals surface area contributed by atoms with Gasteiger partial charge in [0.05, 0.1) is 16.3 Å². The first kappa shape index (κ1) is 13.2. The monoisotopic (exact) mass is 266 g/mol. The minimum Gasteiger partial charge on any atom is -0.398 e. The van der Waals surface area contributed by atoms with Crippen LogP contribution in [-0.2, 0) is 0 Å². The molecule has 1 heterocycles. The molecule has 2 rings (SSSR count). The van der Waals surface area contributed by atoms with Gasteiger partial charge in [0.25, 0.3) is 5.91 Å². The van der Waals surface area contributed by atoms with Crippen LogP contribution in [0.3, 0.4) is 0 Å². The zero-order chi connectivity index (χ0) is 13.1. The number of piperidine rings is 1. The van der Waals surface area contributed by atoms with Crippen molar-refractivity contribution in [1.29, 1.82) is 0 Å². The second-order valence-corrected chi connectivity index (χ2v) is 5.23. The zero-order valence-electron chi connectivity index (χ0n) is 10.7. The molecule has 1 aromatic carbocycles. The van der Waals surface area contributed by atoms with Crippen molar-refractivity contribution in [3.63, 3.8) is 0 Å². The summed E-state index contributed by atoms with van der Waals surface area (Å²) in [6.45, 7) is 3.85. The highest BCUT2D eigenvalue weighted by molar-refractivity contribution is 6.36. The van der Waals surface area contributed by atoms with Gasteiger partial charge in [-0.1, -0.05) is 31.0 Å². The molecule has 1 aliphatic rings. The van der Waals surface area contributed by atoms with Crippen LogP contribution in [0.25, 0.3) is 0 Å². The standard InChI is InChI=1S/C14H19ClN2O/c1-2-10-6-8-17(9-7-10)14(18)11-4-3-5-12(16)13(11)15/h3-5,10H,2,6-9,16H2,1H3. The van der Waals surface area contributed by atoms with Gasteiger partial charge in [0, 0.05) is 13.1 Å². The third kappa shape index (κ3) is 2.61. The second kappa shape index (κ2) is 5.61. The largest absolute Gasteiger partial charge is 0.398 e. The maximum Gasteiger partial charge on any atom is 0.255 e. The number of nitrogen functional groups attached to an aromatic ring is 1. The number of hydrogen-bond donors (Lipinski definition) is 1. The van der Waals surface area contributed by atoms with E-state index in [9.17, 15) is 4.79 Å². The van der Waals surface area contributed by atoms with Crippen LogP contribution >= 0.6 is 11.6 Å². The van der Waals surface area contributed by atoms with Gasteiger partial charge in [-0.3, -0.25) is 4.79 Å². The van der Waals surface area contributed by atoms with Crippen LogP contribution in [0.1, 0.15) is 36.5 Å². The Labute approximate surface area is 113 Å². The summed E-state index contributed by atoms with van der Waals surface area (Å²) in [7, 11) is 0. The van der Waals surface area contributed by atoms with Gasteiger partial charge >= 0.3 is 0 Å². The van der Waals surface area contributed by atoms with E-state index in [1.165, 1.54) is 6.42 Å². The Morgan fingerprint density at radius 3 is 2.72 bits per heavy atom. The van der Waals surface area contributed by atoms with E-state index in [4.69, 9.17) is 17.3 Å². The number of amides is 1. The summed E-state index contributed by atoms with van der Waals surface area (Å²) < 4.78 is 0. The molecule has 1 fully saturated rings. The molecule has 0 radical (unpaired) electrons. The third-order valence-corrected chi connectivity index (χ3v) is 4.16. The van der Waals surface area contributed by atoms with E-state index >= 15 is 0 Å². The number of carbonyl (C=O) groups excluding carboxylic acids is 1. The van der Waals surface area contributed by atoms with Crippen molar-refractivity contribution in [3.8, 4) is 0 Å². The summed E-state index contributed by atoms with van der Waals surface area (Å²) in [6.07, 6.45) is 3.37. The fraction of sp³-hybridized carbons (Fsp3) is 0.500. The van der Waals surface area contributed by atoms with Gasteiger partial charge in [-0.25, -0.2) is 0 Å². The number of rotatable bonds is 2. The van der Waals surface area contributed by atoms with Gasteiger partial charge < -0.3 is 10.6 Å². The number of anilines is 1. The smallest absolute Gasteiger partial charge is 0.255 e. The van der Waals surface area contributed by atoms with Crippen molar-refractivity contribution in [2.75, 3.05) is 18.8 Å². The number of benzene rings is 1. The van der Waals surface area contributed by atoms with Gasteiger partial charge in [0.15, 0.2) is 0 Å². The number of likely N-dealkylation sites (tertiary alicyclic amines) is 1. The maximum atomic E-state index is 12.4. The highest BCUT2D eigenvalue weighted by Crippen LogP contribution is 2.26. The molecular weight excluding hydrogens is 248 g/mol. The summed E-state index contributed by atoms with van der Waals surface area (Å²) >= 11 is 6.09. The van der Waals surface area contributed by atoms with Crippen LogP contribution in [0, 0.1) is 5.92 Å². The third-order valence-electron chi connectivity index (χ3n) is 3.74. The first-order valence-corrected chi connectivity index (χ1v) is 6.84. The molecule has 18 heavy (non-hydrogen) atoms. The molecule has 1 saturated heterocycles. The predicted octanol–water partition coefficient (Wildman–Crippen LogP) is 3.18. The normalized spacial score (nSPS) is 16.9. The highest BCUT2D eigenvalue weighted by atomic mass is 35.5. The number of halogens is 1. The molecule has 0 unspecified atom stereocenters. The number of hydrogen-bond acceptors (Lipinski definition) is 2. The average molecular weight is 267 g/mol. The first-order chi connectivity index (χ1) is 8.63. The minimum atomic E-state index is 0.00172. The topological polar surface area (TPSA) is 46.3 Å². The molecule has 3 nitrogen and oxygen atoms in total. The molecule has 0 saturated carbocycles. The van der Waals surface area contributed by atoms with Gasteiger partial charge in [0.2, 0.25) is 0 Å². The SMILES string of the molecule is CCC1CCN(C(=O)c2cccc(N)c2Cl)CC1. The number of nitrogens with two attached hydrogens (primary N) is 1. The molecule has 2 N–H and O–H groups in total. The zero-order valence-corrected chi connectivity index (χ0v) is 11.4. The summed E-state index contributed by atoms with van der Waals surface area (Å²) in [5.41, 5.74) is 6.71. The molecule has 0 spiro atoms. The average Bonchev–Trinajstić information content (AvgIpc) is 2.41. The van der Waals surface area contributed by atoms with Gasteiger partial charge in [-0.05, 0) is 30.9 Å². The van der Waals surface area contributed by atoms with Crippen molar-refractivity contribution >= 4 is 23.2 Å². The quantitative estimate of drug-likeness (QED) is 0.836. The Bertz CT molecular complexity index is 439. The lowest BCUT2D eigenvalue weighted by Gasteiger charge is -2.31. The van der Waals surface area contributed by atoms with Crippen LogP contribution < -0.4 is 5.73 Å². The molecule has 0 aliphatic carbocycles. The van der Waals surface area contributed by atoms with Crippen molar-refractivity contribution in [1.82, 2.24) is 4.90 Å². The Morgan fingerprint density at radius 2 is 2.11 bits per heavy atom. The summed E-state index contributed by atoms with van der Waals surface area (Å²) in [4.78, 5) is 14.2. The molecule has 0 bridgehead atoms. The Kier molecular flexibility index (Phi) is 4.12. The molecule has 1 amide bonds. The molecule has 98 valence electrons. The summed E-state index contributed by atoms with van der Waals surface area (Å²) in [6, 6.07) is 5.22. The molecular formula is C14H19ClN2O.